The predicted octanol–water partition coefficient (Wildman–Crippen LogP) is 2.81. The first-order valence-corrected chi connectivity index (χ1v) is 7.23. The van der Waals surface area contributed by atoms with Gasteiger partial charge in [-0.3, -0.25) is 14.9 Å². The van der Waals surface area contributed by atoms with Crippen molar-refractivity contribution < 1.29 is 9.72 Å². The van der Waals surface area contributed by atoms with Gasteiger partial charge >= 0.3 is 0 Å². The standard InChI is InChI=1S/C13H16BrN3O3/c14-9-3-4-10(11(7-9)17(19)20)16-12(18)13(8-15)5-1-2-6-13/h3-4,7H,1-2,5-6,8,15H2,(H,16,18). The molecule has 108 valence electrons. The van der Waals surface area contributed by atoms with Crippen LogP contribution in [-0.4, -0.2) is 17.4 Å². The number of carbonyl (C=O) groups excluding carboxylic acids is 1. The zero-order valence-electron chi connectivity index (χ0n) is 10.9. The van der Waals surface area contributed by atoms with E-state index in [2.05, 4.69) is 21.2 Å². The third-order valence-electron chi connectivity index (χ3n) is 3.84. The van der Waals surface area contributed by atoms with Crippen molar-refractivity contribution in [2.75, 3.05) is 11.9 Å². The first-order valence-electron chi connectivity index (χ1n) is 6.44. The zero-order chi connectivity index (χ0) is 14.8. The lowest BCUT2D eigenvalue weighted by atomic mass is 9.85. The van der Waals surface area contributed by atoms with Gasteiger partial charge in [0.05, 0.1) is 10.3 Å². The van der Waals surface area contributed by atoms with E-state index in [0.717, 1.165) is 25.7 Å². The maximum Gasteiger partial charge on any atom is 0.293 e. The van der Waals surface area contributed by atoms with Gasteiger partial charge in [0.15, 0.2) is 0 Å². The fraction of sp³-hybridized carbons (Fsp3) is 0.462. The number of nitrogens with one attached hydrogen (secondary N) is 1. The highest BCUT2D eigenvalue weighted by atomic mass is 79.9. The summed E-state index contributed by atoms with van der Waals surface area (Å²) >= 11 is 3.18. The fourth-order valence-corrected chi connectivity index (χ4v) is 2.94. The van der Waals surface area contributed by atoms with Crippen LogP contribution in [0.3, 0.4) is 0 Å². The number of carbonyl (C=O) groups is 1. The Morgan fingerprint density at radius 2 is 2.10 bits per heavy atom. The molecule has 0 saturated heterocycles. The van der Waals surface area contributed by atoms with Gasteiger partial charge in [-0.2, -0.15) is 0 Å². The third kappa shape index (κ3) is 2.83. The second-order valence-corrected chi connectivity index (χ2v) is 5.98. The molecule has 20 heavy (non-hydrogen) atoms. The highest BCUT2D eigenvalue weighted by Crippen LogP contribution is 2.39. The number of halogens is 1. The lowest BCUT2D eigenvalue weighted by molar-refractivity contribution is -0.384. The number of hydrogen-bond donors (Lipinski definition) is 2. The van der Waals surface area contributed by atoms with Crippen LogP contribution in [0.15, 0.2) is 22.7 Å². The molecule has 1 amide bonds. The molecule has 0 radical (unpaired) electrons. The van der Waals surface area contributed by atoms with E-state index in [9.17, 15) is 14.9 Å². The Labute approximate surface area is 125 Å². The van der Waals surface area contributed by atoms with Crippen molar-refractivity contribution in [3.05, 3.63) is 32.8 Å². The molecule has 3 N–H and O–H groups in total. The Balaban J connectivity index is 2.25. The molecule has 0 spiro atoms. The Morgan fingerprint density at radius 3 is 2.65 bits per heavy atom. The van der Waals surface area contributed by atoms with Gasteiger partial charge in [0.1, 0.15) is 5.69 Å². The molecule has 0 bridgehead atoms. The smallest absolute Gasteiger partial charge is 0.293 e. The lowest BCUT2D eigenvalue weighted by Crippen LogP contribution is -2.40. The zero-order valence-corrected chi connectivity index (χ0v) is 12.5. The number of rotatable bonds is 4. The minimum atomic E-state index is -0.582. The van der Waals surface area contributed by atoms with E-state index in [0.29, 0.717) is 4.47 Å². The van der Waals surface area contributed by atoms with Crippen molar-refractivity contribution in [2.45, 2.75) is 25.7 Å². The van der Waals surface area contributed by atoms with Gasteiger partial charge in [-0.1, -0.05) is 28.8 Å². The Kier molecular flexibility index (Phi) is 4.39. The summed E-state index contributed by atoms with van der Waals surface area (Å²) in [6, 6.07) is 4.56. The third-order valence-corrected chi connectivity index (χ3v) is 4.33. The minimum Gasteiger partial charge on any atom is -0.329 e. The molecular weight excluding hydrogens is 326 g/mol. The van der Waals surface area contributed by atoms with Gasteiger partial charge in [-0.05, 0) is 25.0 Å². The van der Waals surface area contributed by atoms with E-state index in [1.165, 1.54) is 12.1 Å². The molecule has 1 aromatic carbocycles. The van der Waals surface area contributed by atoms with Crippen LogP contribution in [0.2, 0.25) is 0 Å². The van der Waals surface area contributed by atoms with Crippen LogP contribution in [-0.2, 0) is 4.79 Å². The summed E-state index contributed by atoms with van der Waals surface area (Å²) in [5, 5.41) is 13.7. The molecule has 1 aromatic rings. The molecule has 1 saturated carbocycles. The summed E-state index contributed by atoms with van der Waals surface area (Å²) in [5.41, 5.74) is 5.24. The quantitative estimate of drug-likeness (QED) is 0.649. The number of nitrogens with two attached hydrogens (primary N) is 1. The summed E-state index contributed by atoms with van der Waals surface area (Å²) in [4.78, 5) is 22.9. The van der Waals surface area contributed by atoms with Gasteiger partial charge in [0.2, 0.25) is 5.91 Å². The average molecular weight is 342 g/mol. The minimum absolute atomic E-state index is 0.127. The van der Waals surface area contributed by atoms with Crippen LogP contribution in [0, 0.1) is 15.5 Å². The maximum atomic E-state index is 12.4. The molecule has 0 aromatic heterocycles. The highest BCUT2D eigenvalue weighted by molar-refractivity contribution is 9.10. The number of nitrogens with zero attached hydrogens (tertiary/aromatic N) is 1. The molecule has 0 atom stereocenters. The monoisotopic (exact) mass is 341 g/mol. The number of nitro benzene ring substituents is 1. The van der Waals surface area contributed by atoms with Gasteiger partial charge in [-0.15, -0.1) is 0 Å². The van der Waals surface area contributed by atoms with E-state index < -0.39 is 10.3 Å². The Morgan fingerprint density at radius 1 is 1.45 bits per heavy atom. The Bertz CT molecular complexity index is 542. The van der Waals surface area contributed by atoms with Crippen molar-refractivity contribution in [3.63, 3.8) is 0 Å². The average Bonchev–Trinajstić information content (AvgIpc) is 2.90. The van der Waals surface area contributed by atoms with Crippen molar-refractivity contribution in [1.82, 2.24) is 0 Å². The number of benzene rings is 1. The van der Waals surface area contributed by atoms with Crippen LogP contribution in [0.1, 0.15) is 25.7 Å². The summed E-state index contributed by atoms with van der Waals surface area (Å²) in [6.45, 7) is 0.267. The molecule has 7 heteroatoms. The lowest BCUT2D eigenvalue weighted by Gasteiger charge is -2.25. The van der Waals surface area contributed by atoms with Crippen molar-refractivity contribution in [2.24, 2.45) is 11.1 Å². The van der Waals surface area contributed by atoms with E-state index in [-0.39, 0.29) is 23.8 Å². The van der Waals surface area contributed by atoms with Crippen LogP contribution in [0.4, 0.5) is 11.4 Å². The van der Waals surface area contributed by atoms with Crippen LogP contribution in [0.25, 0.3) is 0 Å². The molecular formula is C13H16BrN3O3. The molecule has 0 heterocycles. The summed E-state index contributed by atoms with van der Waals surface area (Å²) in [7, 11) is 0. The van der Waals surface area contributed by atoms with Crippen molar-refractivity contribution in [3.8, 4) is 0 Å². The van der Waals surface area contributed by atoms with E-state index in [1.54, 1.807) is 6.07 Å². The van der Waals surface area contributed by atoms with Gasteiger partial charge in [-0.25, -0.2) is 0 Å². The topological polar surface area (TPSA) is 98.3 Å². The Hall–Kier alpha value is -1.47. The number of anilines is 1. The summed E-state index contributed by atoms with van der Waals surface area (Å²) in [6.07, 6.45) is 3.40. The van der Waals surface area contributed by atoms with Crippen LogP contribution >= 0.6 is 15.9 Å². The molecule has 0 aliphatic heterocycles. The number of hydrogen-bond acceptors (Lipinski definition) is 4. The van der Waals surface area contributed by atoms with Gasteiger partial charge < -0.3 is 11.1 Å². The van der Waals surface area contributed by atoms with E-state index in [4.69, 9.17) is 5.73 Å². The molecule has 1 aliphatic rings. The highest BCUT2D eigenvalue weighted by Gasteiger charge is 2.40. The molecule has 0 unspecified atom stereocenters. The first kappa shape index (κ1) is 14.9. The van der Waals surface area contributed by atoms with Crippen molar-refractivity contribution >= 4 is 33.2 Å². The SMILES string of the molecule is NCC1(C(=O)Nc2ccc(Br)cc2[N+](=O)[O-])CCCC1. The van der Waals surface area contributed by atoms with Crippen LogP contribution in [0.5, 0.6) is 0 Å². The molecule has 1 fully saturated rings. The molecule has 6 nitrogen and oxygen atoms in total. The fourth-order valence-electron chi connectivity index (χ4n) is 2.59. The van der Waals surface area contributed by atoms with E-state index >= 15 is 0 Å². The summed E-state index contributed by atoms with van der Waals surface area (Å²) < 4.78 is 0.594. The normalized spacial score (nSPS) is 16.9. The van der Waals surface area contributed by atoms with Gasteiger partial charge in [0.25, 0.3) is 5.69 Å². The van der Waals surface area contributed by atoms with Gasteiger partial charge in [0, 0.05) is 17.1 Å². The maximum absolute atomic E-state index is 12.4. The number of nitro groups is 1. The molecule has 1 aliphatic carbocycles. The second kappa shape index (κ2) is 5.88. The largest absolute Gasteiger partial charge is 0.329 e. The van der Waals surface area contributed by atoms with Crippen LogP contribution < -0.4 is 11.1 Å². The number of amides is 1. The van der Waals surface area contributed by atoms with E-state index in [1.807, 2.05) is 0 Å². The van der Waals surface area contributed by atoms with Crippen molar-refractivity contribution in [1.29, 1.82) is 0 Å². The predicted molar refractivity (Wildman–Crippen MR) is 79.4 cm³/mol. The summed E-state index contributed by atoms with van der Waals surface area (Å²) in [5.74, 6) is -0.220. The first-order chi connectivity index (χ1) is 9.48. The molecule has 2 rings (SSSR count). The second-order valence-electron chi connectivity index (χ2n) is 5.06.